The lowest BCUT2D eigenvalue weighted by molar-refractivity contribution is 0.0735. The molecule has 0 atom stereocenters. The number of benzene rings is 4. The van der Waals surface area contributed by atoms with Gasteiger partial charge in [-0.3, -0.25) is 0 Å². The normalized spacial score (nSPS) is 11.1. The van der Waals surface area contributed by atoms with E-state index in [4.69, 9.17) is 4.74 Å². The fourth-order valence-electron chi connectivity index (χ4n) is 3.92. The SMILES string of the molecule is CC(C)(C)c1ccc(C(=O)Oc2ccccc2)c(N(Cc2ccccc2)Cc2ccccc2)c1. The molecule has 0 aromatic heterocycles. The van der Waals surface area contributed by atoms with Crippen LogP contribution in [0.1, 0.15) is 47.8 Å². The number of carbonyl (C=O) groups is 1. The van der Waals surface area contributed by atoms with Crippen LogP contribution in [0.5, 0.6) is 5.75 Å². The van der Waals surface area contributed by atoms with Crippen molar-refractivity contribution in [3.63, 3.8) is 0 Å². The monoisotopic (exact) mass is 449 g/mol. The predicted octanol–water partition coefficient (Wildman–Crippen LogP) is 7.41. The zero-order valence-corrected chi connectivity index (χ0v) is 20.1. The Morgan fingerprint density at radius 1 is 0.706 bits per heavy atom. The first-order valence-electron chi connectivity index (χ1n) is 11.6. The van der Waals surface area contributed by atoms with E-state index in [1.165, 1.54) is 16.7 Å². The molecule has 172 valence electrons. The van der Waals surface area contributed by atoms with Gasteiger partial charge in [-0.2, -0.15) is 0 Å². The Bertz CT molecular complexity index is 1170. The molecule has 4 aromatic rings. The summed E-state index contributed by atoms with van der Waals surface area (Å²) in [6.45, 7) is 7.91. The number of rotatable bonds is 7. The van der Waals surface area contributed by atoms with Gasteiger partial charge >= 0.3 is 5.97 Å². The summed E-state index contributed by atoms with van der Waals surface area (Å²) < 4.78 is 5.75. The largest absolute Gasteiger partial charge is 0.423 e. The van der Waals surface area contributed by atoms with E-state index in [0.717, 1.165) is 5.69 Å². The minimum absolute atomic E-state index is 0.0538. The van der Waals surface area contributed by atoms with Gasteiger partial charge in [-0.1, -0.05) is 106 Å². The third-order valence-corrected chi connectivity index (χ3v) is 5.81. The van der Waals surface area contributed by atoms with E-state index >= 15 is 0 Å². The zero-order valence-electron chi connectivity index (χ0n) is 20.1. The molecule has 3 nitrogen and oxygen atoms in total. The Balaban J connectivity index is 1.78. The van der Waals surface area contributed by atoms with Crippen LogP contribution in [0.15, 0.2) is 109 Å². The summed E-state index contributed by atoms with van der Waals surface area (Å²) in [7, 11) is 0. The first-order valence-corrected chi connectivity index (χ1v) is 11.6. The van der Waals surface area contributed by atoms with Crippen LogP contribution in [-0.4, -0.2) is 5.97 Å². The van der Waals surface area contributed by atoms with E-state index in [2.05, 4.69) is 56.0 Å². The summed E-state index contributed by atoms with van der Waals surface area (Å²) in [6.07, 6.45) is 0. The molecule has 4 rings (SSSR count). The lowest BCUT2D eigenvalue weighted by atomic mass is 9.86. The molecule has 0 saturated carbocycles. The molecule has 0 spiro atoms. The standard InChI is InChI=1S/C31H31NO2/c1-31(2,3)26-19-20-28(30(33)34-27-17-11-6-12-18-27)29(21-26)32(22-24-13-7-4-8-14-24)23-25-15-9-5-10-16-25/h4-21H,22-23H2,1-3H3. The second kappa shape index (κ2) is 10.4. The van der Waals surface area contributed by atoms with E-state index in [-0.39, 0.29) is 11.4 Å². The smallest absolute Gasteiger partial charge is 0.345 e. The quantitative estimate of drug-likeness (QED) is 0.217. The van der Waals surface area contributed by atoms with Gasteiger partial charge in [0, 0.05) is 13.1 Å². The zero-order chi connectivity index (χ0) is 24.0. The van der Waals surface area contributed by atoms with Gasteiger partial charge in [0.05, 0.1) is 11.3 Å². The third kappa shape index (κ3) is 5.93. The molecule has 0 fully saturated rings. The van der Waals surface area contributed by atoms with Crippen LogP contribution < -0.4 is 9.64 Å². The molecule has 0 aliphatic heterocycles. The molecule has 4 aromatic carbocycles. The highest BCUT2D eigenvalue weighted by Crippen LogP contribution is 2.32. The van der Waals surface area contributed by atoms with Gasteiger partial charge in [0.25, 0.3) is 0 Å². The van der Waals surface area contributed by atoms with Crippen molar-refractivity contribution >= 4 is 11.7 Å². The van der Waals surface area contributed by atoms with Gasteiger partial charge in [-0.25, -0.2) is 4.79 Å². The summed E-state index contributed by atoms with van der Waals surface area (Å²) in [5, 5.41) is 0. The average molecular weight is 450 g/mol. The van der Waals surface area contributed by atoms with Crippen LogP contribution in [-0.2, 0) is 18.5 Å². The summed E-state index contributed by atoms with van der Waals surface area (Å²) >= 11 is 0. The van der Waals surface area contributed by atoms with Gasteiger partial charge < -0.3 is 9.64 Å². The molecule has 3 heteroatoms. The predicted molar refractivity (Wildman–Crippen MR) is 139 cm³/mol. The van der Waals surface area contributed by atoms with Crippen molar-refractivity contribution in [2.45, 2.75) is 39.3 Å². The van der Waals surface area contributed by atoms with Gasteiger partial charge in [0.2, 0.25) is 0 Å². The van der Waals surface area contributed by atoms with Crippen molar-refractivity contribution in [2.24, 2.45) is 0 Å². The first-order chi connectivity index (χ1) is 16.4. The highest BCUT2D eigenvalue weighted by Gasteiger charge is 2.23. The van der Waals surface area contributed by atoms with E-state index in [1.54, 1.807) is 12.1 Å². The van der Waals surface area contributed by atoms with Crippen molar-refractivity contribution in [1.29, 1.82) is 0 Å². The van der Waals surface area contributed by atoms with Crippen LogP contribution in [0.4, 0.5) is 5.69 Å². The molecule has 0 radical (unpaired) electrons. The number of nitrogens with zero attached hydrogens (tertiary/aromatic N) is 1. The number of esters is 1. The summed E-state index contributed by atoms with van der Waals surface area (Å²) in [5.41, 5.74) is 4.92. The maximum atomic E-state index is 13.4. The minimum atomic E-state index is -0.354. The van der Waals surface area contributed by atoms with Crippen LogP contribution in [0.2, 0.25) is 0 Å². The van der Waals surface area contributed by atoms with Crippen LogP contribution in [0.25, 0.3) is 0 Å². The van der Waals surface area contributed by atoms with E-state index < -0.39 is 0 Å². The Morgan fingerprint density at radius 2 is 1.21 bits per heavy atom. The number of anilines is 1. The number of hydrogen-bond acceptors (Lipinski definition) is 3. The van der Waals surface area contributed by atoms with Crippen molar-refractivity contribution in [3.05, 3.63) is 131 Å². The third-order valence-electron chi connectivity index (χ3n) is 5.81. The highest BCUT2D eigenvalue weighted by molar-refractivity contribution is 5.97. The fourth-order valence-corrected chi connectivity index (χ4v) is 3.92. The van der Waals surface area contributed by atoms with Crippen molar-refractivity contribution in [3.8, 4) is 5.75 Å². The molecule has 34 heavy (non-hydrogen) atoms. The molecule has 0 heterocycles. The van der Waals surface area contributed by atoms with Gasteiger partial charge in [0.1, 0.15) is 5.75 Å². The van der Waals surface area contributed by atoms with Gasteiger partial charge in [-0.05, 0) is 46.4 Å². The summed E-state index contributed by atoms with van der Waals surface area (Å²) in [6, 6.07) is 36.0. The molecular formula is C31H31NO2. The number of para-hydroxylation sites is 1. The van der Waals surface area contributed by atoms with Gasteiger partial charge in [-0.15, -0.1) is 0 Å². The van der Waals surface area contributed by atoms with Crippen molar-refractivity contribution in [2.75, 3.05) is 4.90 Å². The Morgan fingerprint density at radius 3 is 1.71 bits per heavy atom. The number of ether oxygens (including phenoxy) is 1. The molecule has 0 bridgehead atoms. The van der Waals surface area contributed by atoms with Crippen molar-refractivity contribution < 1.29 is 9.53 Å². The minimum Gasteiger partial charge on any atom is -0.423 e. The second-order valence-corrected chi connectivity index (χ2v) is 9.51. The maximum absolute atomic E-state index is 13.4. The fraction of sp³-hybridized carbons (Fsp3) is 0.194. The molecule has 0 aliphatic rings. The topological polar surface area (TPSA) is 29.5 Å². The molecule has 0 N–H and O–H groups in total. The van der Waals surface area contributed by atoms with Crippen LogP contribution in [0.3, 0.4) is 0 Å². The summed E-state index contributed by atoms with van der Waals surface area (Å²) in [4.78, 5) is 15.6. The lowest BCUT2D eigenvalue weighted by Gasteiger charge is -2.29. The lowest BCUT2D eigenvalue weighted by Crippen LogP contribution is -2.26. The Labute approximate surface area is 202 Å². The molecule has 0 aliphatic carbocycles. The van der Waals surface area contributed by atoms with E-state index in [1.807, 2.05) is 66.7 Å². The number of hydrogen-bond donors (Lipinski definition) is 0. The summed E-state index contributed by atoms with van der Waals surface area (Å²) in [5.74, 6) is 0.184. The first kappa shape index (κ1) is 23.3. The Kier molecular flexibility index (Phi) is 7.12. The molecule has 0 saturated heterocycles. The molecular weight excluding hydrogens is 418 g/mol. The molecule has 0 unspecified atom stereocenters. The van der Waals surface area contributed by atoms with Crippen LogP contribution >= 0.6 is 0 Å². The molecule has 0 amide bonds. The van der Waals surface area contributed by atoms with Gasteiger partial charge in [0.15, 0.2) is 0 Å². The average Bonchev–Trinajstić information content (AvgIpc) is 2.84. The maximum Gasteiger partial charge on any atom is 0.345 e. The number of carbonyl (C=O) groups excluding carboxylic acids is 1. The van der Waals surface area contributed by atoms with Crippen molar-refractivity contribution in [1.82, 2.24) is 0 Å². The van der Waals surface area contributed by atoms with Crippen LogP contribution in [0, 0.1) is 0 Å². The highest BCUT2D eigenvalue weighted by atomic mass is 16.5. The van der Waals surface area contributed by atoms with E-state index in [9.17, 15) is 4.79 Å². The Hall–Kier alpha value is -3.85. The second-order valence-electron chi connectivity index (χ2n) is 9.51. The van der Waals surface area contributed by atoms with E-state index in [0.29, 0.717) is 24.4 Å².